The van der Waals surface area contributed by atoms with E-state index in [1.54, 1.807) is 22.8 Å². The predicted molar refractivity (Wildman–Crippen MR) is 84.1 cm³/mol. The molecule has 2 aromatic heterocycles. The highest BCUT2D eigenvalue weighted by molar-refractivity contribution is 7.90. The second kappa shape index (κ2) is 6.15. The van der Waals surface area contributed by atoms with Crippen molar-refractivity contribution in [1.82, 2.24) is 9.55 Å². The van der Waals surface area contributed by atoms with Gasteiger partial charge in [0.2, 0.25) is 0 Å². The molecule has 22 heavy (non-hydrogen) atoms. The van der Waals surface area contributed by atoms with E-state index in [0.29, 0.717) is 21.9 Å². The Kier molecular flexibility index (Phi) is 4.81. The topological polar surface area (TPSA) is 95.3 Å². The van der Waals surface area contributed by atoms with Crippen LogP contribution in [0.2, 0.25) is 5.15 Å². The standard InChI is InChI=1S/C12H15ClN2O5S2/c1-21(16,17)6-5-15-9(8-20-22(2,18)19)7-10-11(15)3-4-12(13)14-10/h3-4,7H,5-6,8H2,1-2H3. The summed E-state index contributed by atoms with van der Waals surface area (Å²) < 4.78 is 51.5. The van der Waals surface area contributed by atoms with Gasteiger partial charge in [0.25, 0.3) is 10.1 Å². The highest BCUT2D eigenvalue weighted by Gasteiger charge is 2.14. The Labute approximate surface area is 133 Å². The number of halogens is 1. The molecule has 0 radical (unpaired) electrons. The second-order valence-corrected chi connectivity index (χ2v) is 9.21. The van der Waals surface area contributed by atoms with Gasteiger partial charge in [0.05, 0.1) is 23.0 Å². The molecule has 0 aromatic carbocycles. The Balaban J connectivity index is 2.43. The van der Waals surface area contributed by atoms with E-state index in [0.717, 1.165) is 12.5 Å². The molecular weight excluding hydrogens is 352 g/mol. The number of sulfone groups is 1. The first-order valence-corrected chi connectivity index (χ1v) is 10.5. The normalized spacial score (nSPS) is 12.9. The number of aryl methyl sites for hydroxylation is 1. The molecule has 0 spiro atoms. The van der Waals surface area contributed by atoms with Crippen molar-refractivity contribution in [1.29, 1.82) is 0 Å². The first-order valence-electron chi connectivity index (χ1n) is 6.22. The third kappa shape index (κ3) is 4.67. The van der Waals surface area contributed by atoms with Crippen molar-refractivity contribution in [2.45, 2.75) is 13.2 Å². The lowest BCUT2D eigenvalue weighted by atomic mass is 10.4. The molecule has 0 bridgehead atoms. The predicted octanol–water partition coefficient (Wildman–Crippen LogP) is 1.21. The first-order chi connectivity index (χ1) is 10.1. The van der Waals surface area contributed by atoms with Crippen LogP contribution in [0.15, 0.2) is 18.2 Å². The van der Waals surface area contributed by atoms with E-state index >= 15 is 0 Å². The minimum absolute atomic E-state index is 0.0781. The fourth-order valence-electron chi connectivity index (χ4n) is 1.98. The molecule has 0 fully saturated rings. The summed E-state index contributed by atoms with van der Waals surface area (Å²) in [4.78, 5) is 4.14. The molecule has 0 saturated carbocycles. The van der Waals surface area contributed by atoms with Crippen LogP contribution in [0.1, 0.15) is 5.69 Å². The van der Waals surface area contributed by atoms with Crippen molar-refractivity contribution in [2.24, 2.45) is 0 Å². The Morgan fingerprint density at radius 2 is 1.91 bits per heavy atom. The minimum atomic E-state index is -3.61. The molecule has 2 aromatic rings. The molecule has 7 nitrogen and oxygen atoms in total. The molecule has 0 N–H and O–H groups in total. The molecule has 2 rings (SSSR count). The van der Waals surface area contributed by atoms with E-state index in [9.17, 15) is 16.8 Å². The summed E-state index contributed by atoms with van der Waals surface area (Å²) >= 11 is 5.84. The van der Waals surface area contributed by atoms with Gasteiger partial charge < -0.3 is 4.57 Å². The number of aromatic nitrogens is 2. The van der Waals surface area contributed by atoms with E-state index in [1.807, 2.05) is 0 Å². The van der Waals surface area contributed by atoms with Crippen molar-refractivity contribution in [3.05, 3.63) is 29.0 Å². The monoisotopic (exact) mass is 366 g/mol. The van der Waals surface area contributed by atoms with Gasteiger partial charge in [0.1, 0.15) is 21.6 Å². The largest absolute Gasteiger partial charge is 0.340 e. The zero-order valence-electron chi connectivity index (χ0n) is 12.0. The summed E-state index contributed by atoms with van der Waals surface area (Å²) in [6.45, 7) is -0.0231. The maximum absolute atomic E-state index is 11.4. The average Bonchev–Trinajstić information content (AvgIpc) is 2.69. The number of pyridine rings is 1. The van der Waals surface area contributed by atoms with Crippen LogP contribution in [0.4, 0.5) is 0 Å². The van der Waals surface area contributed by atoms with E-state index in [-0.39, 0.29) is 18.9 Å². The summed E-state index contributed by atoms with van der Waals surface area (Å²) in [7, 11) is -6.77. The van der Waals surface area contributed by atoms with Gasteiger partial charge in [-0.05, 0) is 18.2 Å². The van der Waals surface area contributed by atoms with Crippen molar-refractivity contribution < 1.29 is 21.0 Å². The van der Waals surface area contributed by atoms with Gasteiger partial charge in [-0.15, -0.1) is 0 Å². The van der Waals surface area contributed by atoms with Crippen molar-refractivity contribution in [2.75, 3.05) is 18.3 Å². The van der Waals surface area contributed by atoms with Gasteiger partial charge in [-0.25, -0.2) is 13.4 Å². The van der Waals surface area contributed by atoms with Gasteiger partial charge in [0.15, 0.2) is 0 Å². The lowest BCUT2D eigenvalue weighted by Gasteiger charge is -2.10. The third-order valence-corrected chi connectivity index (χ3v) is 4.60. The molecule has 0 atom stereocenters. The van der Waals surface area contributed by atoms with Gasteiger partial charge in [-0.1, -0.05) is 11.6 Å². The van der Waals surface area contributed by atoms with E-state index in [2.05, 4.69) is 4.98 Å². The molecule has 10 heteroatoms. The summed E-state index contributed by atoms with van der Waals surface area (Å²) in [6, 6.07) is 4.92. The van der Waals surface area contributed by atoms with Crippen molar-refractivity contribution in [3.8, 4) is 0 Å². The van der Waals surface area contributed by atoms with Gasteiger partial charge in [-0.2, -0.15) is 8.42 Å². The average molecular weight is 367 g/mol. The maximum Gasteiger partial charge on any atom is 0.264 e. The Bertz CT molecular complexity index is 903. The zero-order valence-corrected chi connectivity index (χ0v) is 14.4. The molecule has 0 aliphatic heterocycles. The van der Waals surface area contributed by atoms with Crippen LogP contribution >= 0.6 is 11.6 Å². The quantitative estimate of drug-likeness (QED) is 0.563. The molecule has 0 unspecified atom stereocenters. The summed E-state index contributed by atoms with van der Waals surface area (Å²) in [6.07, 6.45) is 2.09. The van der Waals surface area contributed by atoms with E-state index < -0.39 is 20.0 Å². The second-order valence-electron chi connectivity index (χ2n) is 4.92. The lowest BCUT2D eigenvalue weighted by Crippen LogP contribution is -2.14. The Morgan fingerprint density at radius 1 is 1.23 bits per heavy atom. The van der Waals surface area contributed by atoms with Crippen LogP contribution in [0.3, 0.4) is 0 Å². The molecule has 0 saturated heterocycles. The summed E-state index contributed by atoms with van der Waals surface area (Å²) in [5.74, 6) is -0.0781. The van der Waals surface area contributed by atoms with Crippen LogP contribution in [0.25, 0.3) is 11.0 Å². The third-order valence-electron chi connectivity index (χ3n) is 2.92. The first kappa shape index (κ1) is 17.2. The lowest BCUT2D eigenvalue weighted by molar-refractivity contribution is 0.302. The fourth-order valence-corrected chi connectivity index (χ4v) is 2.98. The van der Waals surface area contributed by atoms with E-state index in [4.69, 9.17) is 15.8 Å². The van der Waals surface area contributed by atoms with Crippen LogP contribution in [0, 0.1) is 0 Å². The van der Waals surface area contributed by atoms with Gasteiger partial charge in [0, 0.05) is 18.5 Å². The van der Waals surface area contributed by atoms with Gasteiger partial charge >= 0.3 is 0 Å². The van der Waals surface area contributed by atoms with Crippen molar-refractivity contribution >= 4 is 42.6 Å². The number of hydrogen-bond donors (Lipinski definition) is 0. The number of nitrogens with zero attached hydrogens (tertiary/aromatic N) is 2. The minimum Gasteiger partial charge on any atom is -0.340 e. The molecule has 122 valence electrons. The summed E-state index contributed by atoms with van der Waals surface area (Å²) in [5, 5.41) is 0.295. The number of rotatable bonds is 6. The summed E-state index contributed by atoms with van der Waals surface area (Å²) in [5.41, 5.74) is 1.73. The van der Waals surface area contributed by atoms with E-state index in [1.165, 1.54) is 0 Å². The Morgan fingerprint density at radius 3 is 2.50 bits per heavy atom. The maximum atomic E-state index is 11.4. The molecular formula is C12H15ClN2O5S2. The highest BCUT2D eigenvalue weighted by Crippen LogP contribution is 2.21. The fraction of sp³-hybridized carbons (Fsp3) is 0.417. The van der Waals surface area contributed by atoms with Crippen molar-refractivity contribution in [3.63, 3.8) is 0 Å². The highest BCUT2D eigenvalue weighted by atomic mass is 35.5. The molecule has 0 amide bonds. The zero-order chi connectivity index (χ0) is 16.5. The van der Waals surface area contributed by atoms with Gasteiger partial charge in [-0.3, -0.25) is 4.18 Å². The molecule has 0 aliphatic carbocycles. The smallest absolute Gasteiger partial charge is 0.264 e. The van der Waals surface area contributed by atoms with Crippen LogP contribution < -0.4 is 0 Å². The SMILES string of the molecule is CS(=O)(=O)CCn1c(COS(C)(=O)=O)cc2nc(Cl)ccc21. The number of fused-ring (bicyclic) bond motifs is 1. The Hall–Kier alpha value is -1.16. The van der Waals surface area contributed by atoms with Crippen LogP contribution in [-0.4, -0.2) is 44.7 Å². The number of hydrogen-bond acceptors (Lipinski definition) is 6. The molecule has 2 heterocycles. The van der Waals surface area contributed by atoms with Crippen LogP contribution in [0.5, 0.6) is 0 Å². The van der Waals surface area contributed by atoms with Crippen LogP contribution in [-0.2, 0) is 37.3 Å². The molecule has 0 aliphatic rings.